The normalized spacial score (nSPS) is 20.2. The van der Waals surface area contributed by atoms with E-state index in [0.29, 0.717) is 19.6 Å². The zero-order chi connectivity index (χ0) is 17.9. The number of carboxylic acid groups (broad SMARTS) is 1. The van der Waals surface area contributed by atoms with Gasteiger partial charge in [-0.2, -0.15) is 10.2 Å². The number of benzene rings is 1. The van der Waals surface area contributed by atoms with Crippen LogP contribution in [0.3, 0.4) is 0 Å². The summed E-state index contributed by atoms with van der Waals surface area (Å²) in [4.78, 5) is 11.5. The summed E-state index contributed by atoms with van der Waals surface area (Å²) < 4.78 is 9.34. The smallest absolute Gasteiger partial charge is 0.309 e. The number of carboxylic acids is 1. The molecule has 1 aromatic carbocycles. The van der Waals surface area contributed by atoms with Gasteiger partial charge >= 0.3 is 5.97 Å². The number of carbonyl (C=O) groups is 1. The van der Waals surface area contributed by atoms with Gasteiger partial charge in [0.05, 0.1) is 30.5 Å². The summed E-state index contributed by atoms with van der Waals surface area (Å²) in [6.45, 7) is 1.21. The molecule has 1 saturated heterocycles. The highest BCUT2D eigenvalue weighted by Gasteiger charge is 2.33. The Hall–Kier alpha value is -2.93. The van der Waals surface area contributed by atoms with E-state index in [1.54, 1.807) is 12.4 Å². The summed E-state index contributed by atoms with van der Waals surface area (Å²) in [5.41, 5.74) is 2.93. The van der Waals surface area contributed by atoms with Gasteiger partial charge in [0, 0.05) is 30.8 Å². The fourth-order valence-corrected chi connectivity index (χ4v) is 3.34. The molecule has 0 spiro atoms. The lowest BCUT2D eigenvalue weighted by molar-refractivity contribution is -0.151. The monoisotopic (exact) mass is 352 g/mol. The zero-order valence-electron chi connectivity index (χ0n) is 14.2. The van der Waals surface area contributed by atoms with Crippen molar-refractivity contribution in [2.75, 3.05) is 6.61 Å². The minimum absolute atomic E-state index is 0.419. The molecule has 3 aromatic rings. The molecule has 3 heterocycles. The van der Waals surface area contributed by atoms with Crippen molar-refractivity contribution in [3.63, 3.8) is 0 Å². The maximum Gasteiger partial charge on any atom is 0.309 e. The molecular formula is C19H20N4O3. The lowest BCUT2D eigenvalue weighted by Crippen LogP contribution is -2.28. The molecule has 1 aliphatic rings. The molecule has 1 fully saturated rings. The van der Waals surface area contributed by atoms with Gasteiger partial charge < -0.3 is 9.84 Å². The Morgan fingerprint density at radius 2 is 2.12 bits per heavy atom. The second kappa shape index (κ2) is 7.13. The fourth-order valence-electron chi connectivity index (χ4n) is 3.34. The molecule has 2 atom stereocenters. The summed E-state index contributed by atoms with van der Waals surface area (Å²) >= 11 is 0. The van der Waals surface area contributed by atoms with Crippen molar-refractivity contribution in [1.29, 1.82) is 0 Å². The lowest BCUT2D eigenvalue weighted by atomic mass is 9.91. The van der Waals surface area contributed by atoms with E-state index in [4.69, 9.17) is 4.74 Å². The van der Waals surface area contributed by atoms with Crippen LogP contribution in [0.1, 0.15) is 30.1 Å². The summed E-state index contributed by atoms with van der Waals surface area (Å²) in [5, 5.41) is 18.0. The minimum atomic E-state index is -0.809. The summed E-state index contributed by atoms with van der Waals surface area (Å²) in [6.07, 6.45) is 8.24. The Morgan fingerprint density at radius 1 is 1.27 bits per heavy atom. The highest BCUT2D eigenvalue weighted by Crippen LogP contribution is 2.33. The van der Waals surface area contributed by atoms with Crippen molar-refractivity contribution in [2.45, 2.75) is 25.5 Å². The average Bonchev–Trinajstić information content (AvgIpc) is 3.34. The van der Waals surface area contributed by atoms with Gasteiger partial charge in [0.25, 0.3) is 0 Å². The van der Waals surface area contributed by atoms with E-state index in [1.807, 2.05) is 52.1 Å². The Labute approximate surface area is 150 Å². The third kappa shape index (κ3) is 3.39. The van der Waals surface area contributed by atoms with Gasteiger partial charge in [-0.25, -0.2) is 4.68 Å². The number of hydrogen-bond donors (Lipinski definition) is 1. The van der Waals surface area contributed by atoms with Gasteiger partial charge in [0.1, 0.15) is 0 Å². The molecule has 0 bridgehead atoms. The molecule has 4 rings (SSSR count). The maximum atomic E-state index is 11.5. The van der Waals surface area contributed by atoms with Crippen LogP contribution in [0.4, 0.5) is 0 Å². The van der Waals surface area contributed by atoms with Gasteiger partial charge in [-0.15, -0.1) is 0 Å². The Balaban J connectivity index is 1.47. The first-order chi connectivity index (χ1) is 12.7. The first-order valence-electron chi connectivity index (χ1n) is 8.66. The van der Waals surface area contributed by atoms with Crippen LogP contribution >= 0.6 is 0 Å². The van der Waals surface area contributed by atoms with Crippen LogP contribution in [0.5, 0.6) is 0 Å². The van der Waals surface area contributed by atoms with E-state index in [9.17, 15) is 9.90 Å². The van der Waals surface area contributed by atoms with Crippen LogP contribution in [0.2, 0.25) is 0 Å². The van der Waals surface area contributed by atoms with Gasteiger partial charge in [0.15, 0.2) is 0 Å². The van der Waals surface area contributed by atoms with Crippen molar-refractivity contribution in [2.24, 2.45) is 5.92 Å². The minimum Gasteiger partial charge on any atom is -0.481 e. The molecule has 7 nitrogen and oxygen atoms in total. The summed E-state index contributed by atoms with van der Waals surface area (Å²) in [7, 11) is 0. The molecule has 7 heteroatoms. The molecule has 1 N–H and O–H groups in total. The first-order valence-corrected chi connectivity index (χ1v) is 8.66. The van der Waals surface area contributed by atoms with Crippen molar-refractivity contribution in [3.05, 3.63) is 66.2 Å². The Kier molecular flexibility index (Phi) is 4.53. The van der Waals surface area contributed by atoms with E-state index < -0.39 is 18.0 Å². The van der Waals surface area contributed by atoms with Crippen molar-refractivity contribution in [1.82, 2.24) is 19.6 Å². The van der Waals surface area contributed by atoms with E-state index in [1.165, 1.54) is 0 Å². The number of nitrogens with zero attached hydrogens (tertiary/aromatic N) is 4. The fraction of sp³-hybridized carbons (Fsp3) is 0.316. The van der Waals surface area contributed by atoms with Gasteiger partial charge in [-0.3, -0.25) is 9.48 Å². The van der Waals surface area contributed by atoms with E-state index in [2.05, 4.69) is 10.2 Å². The van der Waals surface area contributed by atoms with E-state index in [0.717, 1.165) is 23.2 Å². The topological polar surface area (TPSA) is 82.2 Å². The molecule has 1 aliphatic heterocycles. The molecule has 26 heavy (non-hydrogen) atoms. The second-order valence-corrected chi connectivity index (χ2v) is 6.47. The van der Waals surface area contributed by atoms with Crippen LogP contribution in [-0.4, -0.2) is 37.2 Å². The summed E-state index contributed by atoms with van der Waals surface area (Å²) in [6, 6.07) is 9.98. The van der Waals surface area contributed by atoms with Crippen LogP contribution < -0.4 is 0 Å². The highest BCUT2D eigenvalue weighted by atomic mass is 16.5. The van der Waals surface area contributed by atoms with Crippen molar-refractivity contribution >= 4 is 5.97 Å². The van der Waals surface area contributed by atoms with Crippen LogP contribution in [0.25, 0.3) is 5.69 Å². The van der Waals surface area contributed by atoms with Crippen molar-refractivity contribution in [3.8, 4) is 5.69 Å². The number of aromatic nitrogens is 4. The second-order valence-electron chi connectivity index (χ2n) is 6.47. The third-order valence-electron chi connectivity index (χ3n) is 4.67. The average molecular weight is 352 g/mol. The lowest BCUT2D eigenvalue weighted by Gasteiger charge is -2.28. The predicted molar refractivity (Wildman–Crippen MR) is 93.9 cm³/mol. The molecule has 0 amide bonds. The van der Waals surface area contributed by atoms with Gasteiger partial charge in [0.2, 0.25) is 0 Å². The van der Waals surface area contributed by atoms with Crippen LogP contribution in [0, 0.1) is 5.92 Å². The highest BCUT2D eigenvalue weighted by molar-refractivity contribution is 5.71. The van der Waals surface area contributed by atoms with E-state index in [-0.39, 0.29) is 0 Å². The standard InChI is InChI=1S/C19H20N4O3/c24-19(25)17-3-1-10-26-18(17)15-11-21-22(13-15)12-14-4-6-16(7-5-14)23-9-2-8-20-23/h2,4-9,11,13,17-18H,1,3,10,12H2,(H,24,25)/t17-,18-/m1/s1. The SMILES string of the molecule is O=C(O)[C@@H]1CCCO[C@@H]1c1cnn(Cc2ccc(-n3cccn3)cc2)c1. The van der Waals surface area contributed by atoms with Crippen LogP contribution in [0.15, 0.2) is 55.1 Å². The number of ether oxygens (including phenoxy) is 1. The molecule has 0 saturated carbocycles. The molecule has 0 aliphatic carbocycles. The largest absolute Gasteiger partial charge is 0.481 e. The van der Waals surface area contributed by atoms with E-state index >= 15 is 0 Å². The molecule has 134 valence electrons. The Bertz CT molecular complexity index is 871. The molecular weight excluding hydrogens is 332 g/mol. The predicted octanol–water partition coefficient (Wildman–Crippen LogP) is 2.67. The van der Waals surface area contributed by atoms with Gasteiger partial charge in [-0.05, 0) is 36.6 Å². The number of hydrogen-bond acceptors (Lipinski definition) is 4. The Morgan fingerprint density at radius 3 is 2.85 bits per heavy atom. The van der Waals surface area contributed by atoms with Crippen LogP contribution in [-0.2, 0) is 16.1 Å². The summed E-state index contributed by atoms with van der Waals surface area (Å²) in [5.74, 6) is -1.31. The maximum absolute atomic E-state index is 11.5. The molecule has 0 radical (unpaired) electrons. The molecule has 2 aromatic heterocycles. The molecule has 0 unspecified atom stereocenters. The zero-order valence-corrected chi connectivity index (χ0v) is 14.2. The quantitative estimate of drug-likeness (QED) is 0.763. The van der Waals surface area contributed by atoms with Crippen molar-refractivity contribution < 1.29 is 14.6 Å². The number of aliphatic carboxylic acids is 1. The number of rotatable bonds is 5. The van der Waals surface area contributed by atoms with Gasteiger partial charge in [-0.1, -0.05) is 12.1 Å². The first kappa shape index (κ1) is 16.5. The third-order valence-corrected chi connectivity index (χ3v) is 4.67.